The number of hydrogen-bond donors (Lipinski definition) is 0. The summed E-state index contributed by atoms with van der Waals surface area (Å²) in [5.74, 6) is 0. The molecule has 50 heavy (non-hydrogen) atoms. The van der Waals surface area contributed by atoms with Gasteiger partial charge in [0.2, 0.25) is 0 Å². The van der Waals surface area contributed by atoms with Gasteiger partial charge in [-0.25, -0.2) is 4.98 Å². The molecule has 0 unspecified atom stereocenters. The van der Waals surface area contributed by atoms with Crippen molar-refractivity contribution >= 4 is 38.5 Å². The van der Waals surface area contributed by atoms with Gasteiger partial charge in [0.05, 0.1) is 16.9 Å². The summed E-state index contributed by atoms with van der Waals surface area (Å²) in [7, 11) is 0. The van der Waals surface area contributed by atoms with Gasteiger partial charge in [-0.05, 0) is 98.8 Å². The number of pyridine rings is 1. The van der Waals surface area contributed by atoms with Crippen LogP contribution >= 0.6 is 0 Å². The van der Waals surface area contributed by atoms with Crippen LogP contribution in [0.2, 0.25) is 0 Å². The highest BCUT2D eigenvalue weighted by Crippen LogP contribution is 2.44. The SMILES string of the molecule is C=Cc1c(C)c2ccccc2n1-c1cccc(-c2cccc(-c3ccc4c(-c5ccccc5)c5ccccc5c(-c5ccccc5)c4c3)n2)c1. The molecule has 236 valence electrons. The van der Waals surface area contributed by atoms with Gasteiger partial charge >= 0.3 is 0 Å². The number of rotatable bonds is 6. The van der Waals surface area contributed by atoms with Crippen LogP contribution in [0.3, 0.4) is 0 Å². The Labute approximate surface area is 292 Å². The van der Waals surface area contributed by atoms with E-state index in [1.807, 2.05) is 6.08 Å². The highest BCUT2D eigenvalue weighted by Gasteiger charge is 2.18. The van der Waals surface area contributed by atoms with Crippen molar-refractivity contribution < 1.29 is 0 Å². The predicted octanol–water partition coefficient (Wildman–Crippen LogP) is 13.0. The van der Waals surface area contributed by atoms with Crippen LogP contribution in [0.4, 0.5) is 0 Å². The first kappa shape index (κ1) is 29.6. The van der Waals surface area contributed by atoms with Gasteiger partial charge in [0.25, 0.3) is 0 Å². The van der Waals surface area contributed by atoms with E-state index in [9.17, 15) is 0 Å². The largest absolute Gasteiger partial charge is 0.310 e. The summed E-state index contributed by atoms with van der Waals surface area (Å²) in [5, 5.41) is 6.18. The lowest BCUT2D eigenvalue weighted by Crippen LogP contribution is -1.98. The van der Waals surface area contributed by atoms with Crippen LogP contribution in [0.15, 0.2) is 176 Å². The molecule has 0 spiro atoms. The quantitative estimate of drug-likeness (QED) is 0.166. The molecule has 7 aromatic carbocycles. The monoisotopic (exact) mass is 638 g/mol. The average molecular weight is 639 g/mol. The van der Waals surface area contributed by atoms with Crippen LogP contribution in [-0.4, -0.2) is 9.55 Å². The van der Waals surface area contributed by atoms with E-state index in [-0.39, 0.29) is 0 Å². The highest BCUT2D eigenvalue weighted by atomic mass is 15.0. The molecule has 0 N–H and O–H groups in total. The topological polar surface area (TPSA) is 17.8 Å². The Kier molecular flexibility index (Phi) is 7.21. The fourth-order valence-corrected chi connectivity index (χ4v) is 7.67. The molecule has 0 amide bonds. The Balaban J connectivity index is 1.22. The molecule has 0 bridgehead atoms. The molecule has 2 aromatic heterocycles. The Hall–Kier alpha value is -6.51. The number of aryl methyl sites for hydroxylation is 1. The zero-order valence-electron chi connectivity index (χ0n) is 27.8. The number of benzene rings is 7. The lowest BCUT2D eigenvalue weighted by atomic mass is 9.85. The summed E-state index contributed by atoms with van der Waals surface area (Å²) in [5.41, 5.74) is 13.6. The molecular formula is C48H34N2. The van der Waals surface area contributed by atoms with Crippen LogP contribution < -0.4 is 0 Å². The molecule has 0 saturated carbocycles. The molecule has 0 saturated heterocycles. The van der Waals surface area contributed by atoms with E-state index in [0.29, 0.717) is 0 Å². The van der Waals surface area contributed by atoms with Crippen molar-refractivity contribution in [2.75, 3.05) is 0 Å². The maximum Gasteiger partial charge on any atom is 0.0710 e. The van der Waals surface area contributed by atoms with E-state index in [2.05, 4.69) is 188 Å². The number of hydrogen-bond acceptors (Lipinski definition) is 1. The average Bonchev–Trinajstić information content (AvgIpc) is 3.48. The lowest BCUT2D eigenvalue weighted by Gasteiger charge is -2.18. The summed E-state index contributed by atoms with van der Waals surface area (Å²) in [4.78, 5) is 5.28. The Bertz CT molecular complexity index is 2720. The van der Waals surface area contributed by atoms with Crippen LogP contribution in [-0.2, 0) is 0 Å². The van der Waals surface area contributed by atoms with Crippen molar-refractivity contribution in [3.63, 3.8) is 0 Å². The number of fused-ring (bicyclic) bond motifs is 3. The van der Waals surface area contributed by atoms with Crippen LogP contribution in [0.5, 0.6) is 0 Å². The predicted molar refractivity (Wildman–Crippen MR) is 213 cm³/mol. The number of para-hydroxylation sites is 1. The fourth-order valence-electron chi connectivity index (χ4n) is 7.67. The van der Waals surface area contributed by atoms with Gasteiger partial charge in [0, 0.05) is 27.9 Å². The van der Waals surface area contributed by atoms with Crippen LogP contribution in [0, 0.1) is 6.92 Å². The third-order valence-corrected chi connectivity index (χ3v) is 9.96. The minimum Gasteiger partial charge on any atom is -0.310 e. The summed E-state index contributed by atoms with van der Waals surface area (Å²) >= 11 is 0. The van der Waals surface area contributed by atoms with E-state index in [4.69, 9.17) is 4.98 Å². The molecular weight excluding hydrogens is 605 g/mol. The normalized spacial score (nSPS) is 11.4. The zero-order valence-corrected chi connectivity index (χ0v) is 27.8. The van der Waals surface area contributed by atoms with E-state index in [1.54, 1.807) is 0 Å². The fraction of sp³-hybridized carbons (Fsp3) is 0.0208. The Morgan fingerprint density at radius 2 is 0.980 bits per heavy atom. The first-order valence-electron chi connectivity index (χ1n) is 17.1. The van der Waals surface area contributed by atoms with Gasteiger partial charge in [0.1, 0.15) is 0 Å². The molecule has 0 aliphatic heterocycles. The smallest absolute Gasteiger partial charge is 0.0710 e. The second-order valence-corrected chi connectivity index (χ2v) is 12.8. The first-order chi connectivity index (χ1) is 24.7. The minimum absolute atomic E-state index is 0.935. The van der Waals surface area contributed by atoms with Crippen molar-refractivity contribution in [1.82, 2.24) is 9.55 Å². The van der Waals surface area contributed by atoms with Crippen molar-refractivity contribution in [3.8, 4) is 50.5 Å². The summed E-state index contributed by atoms with van der Waals surface area (Å²) < 4.78 is 2.30. The molecule has 9 rings (SSSR count). The van der Waals surface area contributed by atoms with E-state index < -0.39 is 0 Å². The summed E-state index contributed by atoms with van der Waals surface area (Å²) in [6, 6.07) is 60.7. The van der Waals surface area contributed by atoms with E-state index in [0.717, 1.165) is 33.9 Å². The Morgan fingerprint density at radius 1 is 0.460 bits per heavy atom. The maximum atomic E-state index is 5.28. The second kappa shape index (κ2) is 12.2. The highest BCUT2D eigenvalue weighted by molar-refractivity contribution is 6.21. The third-order valence-electron chi connectivity index (χ3n) is 9.96. The standard InChI is InChI=1S/C48H34N2/c1-3-45-32(2)38-22-12-13-27-46(38)50(45)37-21-14-20-35(30-37)43-25-15-26-44(49-43)36-28-29-41-42(31-36)48(34-18-8-5-9-19-34)40-24-11-10-23-39(40)47(41)33-16-6-4-7-17-33/h3-31H,1H2,2H3. The maximum absolute atomic E-state index is 5.28. The van der Waals surface area contributed by atoms with E-state index >= 15 is 0 Å². The van der Waals surface area contributed by atoms with Gasteiger partial charge < -0.3 is 4.57 Å². The Morgan fingerprint density at radius 3 is 1.64 bits per heavy atom. The van der Waals surface area contributed by atoms with Crippen molar-refractivity contribution in [3.05, 3.63) is 188 Å². The molecule has 0 atom stereocenters. The third kappa shape index (κ3) is 4.84. The van der Waals surface area contributed by atoms with Gasteiger partial charge in [0.15, 0.2) is 0 Å². The summed E-state index contributed by atoms with van der Waals surface area (Å²) in [6.07, 6.45) is 1.96. The van der Waals surface area contributed by atoms with Gasteiger partial charge in [-0.2, -0.15) is 0 Å². The van der Waals surface area contributed by atoms with Gasteiger partial charge in [-0.15, -0.1) is 0 Å². The van der Waals surface area contributed by atoms with Crippen LogP contribution in [0.1, 0.15) is 11.3 Å². The van der Waals surface area contributed by atoms with Crippen LogP contribution in [0.25, 0.3) is 89.0 Å². The molecule has 0 aliphatic carbocycles. The molecule has 0 aliphatic rings. The molecule has 0 fully saturated rings. The number of aromatic nitrogens is 2. The molecule has 2 nitrogen and oxygen atoms in total. The van der Waals surface area contributed by atoms with Crippen molar-refractivity contribution in [1.29, 1.82) is 0 Å². The molecule has 0 radical (unpaired) electrons. The van der Waals surface area contributed by atoms with Gasteiger partial charge in [-0.3, -0.25) is 0 Å². The first-order valence-corrected chi connectivity index (χ1v) is 17.1. The summed E-state index contributed by atoms with van der Waals surface area (Å²) in [6.45, 7) is 6.32. The molecule has 2 heterocycles. The lowest BCUT2D eigenvalue weighted by molar-refractivity contribution is 1.10. The molecule has 2 heteroatoms. The second-order valence-electron chi connectivity index (χ2n) is 12.8. The van der Waals surface area contributed by atoms with Gasteiger partial charge in [-0.1, -0.05) is 140 Å². The van der Waals surface area contributed by atoms with E-state index in [1.165, 1.54) is 60.3 Å². The minimum atomic E-state index is 0.935. The zero-order chi connectivity index (χ0) is 33.6. The number of nitrogens with zero attached hydrogens (tertiary/aromatic N) is 2. The van der Waals surface area contributed by atoms with Crippen molar-refractivity contribution in [2.45, 2.75) is 6.92 Å². The molecule has 9 aromatic rings. The van der Waals surface area contributed by atoms with Crippen molar-refractivity contribution in [2.24, 2.45) is 0 Å².